The van der Waals surface area contributed by atoms with Gasteiger partial charge in [0.1, 0.15) is 0 Å². The maximum Gasteiger partial charge on any atom is 0.238 e. The van der Waals surface area contributed by atoms with E-state index in [0.29, 0.717) is 17.6 Å². The molecule has 5 nitrogen and oxygen atoms in total. The van der Waals surface area contributed by atoms with Gasteiger partial charge < -0.3 is 4.57 Å². The molecule has 0 aliphatic rings. The molecule has 0 saturated heterocycles. The third-order valence-electron chi connectivity index (χ3n) is 14.4. The third kappa shape index (κ3) is 7.37. The zero-order valence-corrected chi connectivity index (χ0v) is 40.2. The Morgan fingerprint density at radius 3 is 1.14 bits per heavy atom. The van der Waals surface area contributed by atoms with E-state index in [2.05, 4.69) is 270 Å². The van der Waals surface area contributed by atoms with Crippen molar-refractivity contribution in [3.8, 4) is 90.0 Å². The highest BCUT2D eigenvalue weighted by Gasteiger charge is 2.26. The van der Waals surface area contributed by atoms with E-state index in [1.165, 1.54) is 11.1 Å². The van der Waals surface area contributed by atoms with Crippen molar-refractivity contribution in [2.24, 2.45) is 0 Å². The molecule has 346 valence electrons. The lowest BCUT2D eigenvalue weighted by atomic mass is 9.91. The van der Waals surface area contributed by atoms with Gasteiger partial charge >= 0.3 is 0 Å². The Morgan fingerprint density at radius 1 is 0.243 bits per heavy atom. The van der Waals surface area contributed by atoms with E-state index in [1.807, 2.05) is 12.1 Å². The summed E-state index contributed by atoms with van der Waals surface area (Å²) in [5, 5.41) is 4.50. The van der Waals surface area contributed by atoms with E-state index in [-0.39, 0.29) is 0 Å². The number of hydrogen-bond donors (Lipinski definition) is 0. The highest BCUT2D eigenvalue weighted by Crippen LogP contribution is 2.45. The van der Waals surface area contributed by atoms with Crippen LogP contribution < -0.4 is 0 Å². The van der Waals surface area contributed by atoms with Crippen molar-refractivity contribution in [1.82, 2.24) is 24.1 Å². The average Bonchev–Trinajstić information content (AvgIpc) is 4.01. The first-order valence-electron chi connectivity index (χ1n) is 25.1. The number of hydrogen-bond acceptors (Lipinski definition) is 3. The molecule has 3 heterocycles. The summed E-state index contributed by atoms with van der Waals surface area (Å²) in [6.07, 6.45) is 0. The van der Waals surface area contributed by atoms with Crippen LogP contribution in [0, 0.1) is 0 Å². The summed E-state index contributed by atoms with van der Waals surface area (Å²) >= 11 is 0. The summed E-state index contributed by atoms with van der Waals surface area (Å²) in [5.41, 5.74) is 18.4. The third-order valence-corrected chi connectivity index (χ3v) is 14.4. The highest BCUT2D eigenvalue weighted by atomic mass is 15.2. The Kier molecular flexibility index (Phi) is 10.4. The molecule has 11 aromatic carbocycles. The first-order chi connectivity index (χ1) is 36.7. The van der Waals surface area contributed by atoms with E-state index >= 15 is 0 Å². The van der Waals surface area contributed by atoms with Gasteiger partial charge in [0.15, 0.2) is 11.6 Å². The fourth-order valence-electron chi connectivity index (χ4n) is 11.0. The molecule has 0 radical (unpaired) electrons. The molecule has 0 saturated carbocycles. The van der Waals surface area contributed by atoms with Gasteiger partial charge in [0, 0.05) is 38.2 Å². The largest absolute Gasteiger partial charge is 0.307 e. The second kappa shape index (κ2) is 18.0. The molecular formula is C69H45N5. The number of nitrogens with zero attached hydrogens (tertiary/aromatic N) is 5. The fourth-order valence-corrected chi connectivity index (χ4v) is 11.0. The van der Waals surface area contributed by atoms with E-state index in [4.69, 9.17) is 15.0 Å². The molecule has 3 aromatic heterocycles. The van der Waals surface area contributed by atoms with Crippen LogP contribution in [0.4, 0.5) is 0 Å². The zero-order valence-electron chi connectivity index (χ0n) is 40.2. The molecule has 14 rings (SSSR count). The van der Waals surface area contributed by atoms with Gasteiger partial charge in [0.2, 0.25) is 5.95 Å². The summed E-state index contributed by atoms with van der Waals surface area (Å²) in [4.78, 5) is 16.4. The average molecular weight is 944 g/mol. The number of benzene rings is 11. The minimum absolute atomic E-state index is 0.533. The van der Waals surface area contributed by atoms with E-state index in [1.54, 1.807) is 0 Å². The maximum absolute atomic E-state index is 5.53. The molecule has 0 aliphatic heterocycles. The van der Waals surface area contributed by atoms with Crippen molar-refractivity contribution in [1.29, 1.82) is 0 Å². The van der Waals surface area contributed by atoms with Crippen LogP contribution in [0.5, 0.6) is 0 Å². The van der Waals surface area contributed by atoms with Crippen LogP contribution >= 0.6 is 0 Å². The van der Waals surface area contributed by atoms with Crippen LogP contribution in [-0.2, 0) is 0 Å². The lowest BCUT2D eigenvalue weighted by Crippen LogP contribution is -2.07. The molecule has 0 unspecified atom stereocenters. The Bertz CT molecular complexity index is 4300. The minimum atomic E-state index is 0.533. The number of aromatic nitrogens is 5. The number of para-hydroxylation sites is 2. The summed E-state index contributed by atoms with van der Waals surface area (Å²) in [6, 6.07) is 97.2. The van der Waals surface area contributed by atoms with Crippen LogP contribution in [0.25, 0.3) is 134 Å². The van der Waals surface area contributed by atoms with Crippen molar-refractivity contribution < 1.29 is 0 Å². The lowest BCUT2D eigenvalue weighted by molar-refractivity contribution is 0.953. The Balaban J connectivity index is 1.08. The molecule has 0 aliphatic carbocycles. The molecule has 0 N–H and O–H groups in total. The highest BCUT2D eigenvalue weighted by molar-refractivity contribution is 6.24. The summed E-state index contributed by atoms with van der Waals surface area (Å²) < 4.78 is 4.78. The Labute approximate surface area is 428 Å². The standard InChI is InChI=1S/C69H45N5/c1-5-21-46(22-6-1)50-29-17-32-53(43-50)56-37-20-40-63(64(56)49-27-11-4-12-28-49)73-61-38-15-13-35-57(61)59-41-42-60-58-36-14-16-39-62(58)74(66(60)65(59)73)69-71-67(54-33-18-30-51(44-54)47-23-7-2-8-24-47)70-68(72-69)55-34-19-31-52(45-55)48-25-9-3-10-26-48/h1-45H. The van der Waals surface area contributed by atoms with Crippen LogP contribution in [0.15, 0.2) is 273 Å². The molecule has 14 aromatic rings. The van der Waals surface area contributed by atoms with E-state index in [0.717, 1.165) is 105 Å². The fraction of sp³-hybridized carbons (Fsp3) is 0. The molecule has 0 spiro atoms. The number of rotatable bonds is 9. The van der Waals surface area contributed by atoms with Crippen molar-refractivity contribution in [2.45, 2.75) is 0 Å². The smallest absolute Gasteiger partial charge is 0.238 e. The maximum atomic E-state index is 5.53. The quantitative estimate of drug-likeness (QED) is 0.145. The lowest BCUT2D eigenvalue weighted by Gasteiger charge is -2.19. The normalized spacial score (nSPS) is 11.5. The van der Waals surface area contributed by atoms with Crippen LogP contribution in [-0.4, -0.2) is 24.1 Å². The number of fused-ring (bicyclic) bond motifs is 7. The summed E-state index contributed by atoms with van der Waals surface area (Å²) in [7, 11) is 0. The molecule has 0 fully saturated rings. The Morgan fingerprint density at radius 2 is 0.622 bits per heavy atom. The van der Waals surface area contributed by atoms with Gasteiger partial charge in [-0.1, -0.05) is 237 Å². The predicted molar refractivity (Wildman–Crippen MR) is 307 cm³/mol. The van der Waals surface area contributed by atoms with Gasteiger partial charge in [-0.3, -0.25) is 4.57 Å². The van der Waals surface area contributed by atoms with Gasteiger partial charge in [-0.15, -0.1) is 0 Å². The predicted octanol–water partition coefficient (Wildman–Crippen LogP) is 17.7. The molecular weight excluding hydrogens is 899 g/mol. The first-order valence-corrected chi connectivity index (χ1v) is 25.1. The van der Waals surface area contributed by atoms with Crippen LogP contribution in [0.3, 0.4) is 0 Å². The Hall–Kier alpha value is -9.97. The van der Waals surface area contributed by atoms with Crippen molar-refractivity contribution >= 4 is 43.6 Å². The summed E-state index contributed by atoms with van der Waals surface area (Å²) in [6.45, 7) is 0. The molecule has 74 heavy (non-hydrogen) atoms. The first kappa shape index (κ1) is 42.9. The van der Waals surface area contributed by atoms with Gasteiger partial charge in [-0.05, 0) is 86.5 Å². The SMILES string of the molecule is c1ccc(-c2cccc(-c3nc(-c4cccc(-c5ccccc5)c4)nc(-n4c5ccccc5c5ccc6c7ccccc7n(-c7cccc(-c8cccc(-c9ccccc9)c8)c7-c7ccccc7)c6c54)n3)c2)cc1. The topological polar surface area (TPSA) is 48.5 Å². The monoisotopic (exact) mass is 943 g/mol. The van der Waals surface area contributed by atoms with Gasteiger partial charge in [-0.2, -0.15) is 9.97 Å². The van der Waals surface area contributed by atoms with E-state index in [9.17, 15) is 0 Å². The zero-order chi connectivity index (χ0) is 49.0. The summed E-state index contributed by atoms with van der Waals surface area (Å²) in [5.74, 6) is 1.71. The van der Waals surface area contributed by atoms with Crippen molar-refractivity contribution in [3.63, 3.8) is 0 Å². The minimum Gasteiger partial charge on any atom is -0.307 e. The van der Waals surface area contributed by atoms with Crippen LogP contribution in [0.2, 0.25) is 0 Å². The van der Waals surface area contributed by atoms with Gasteiger partial charge in [-0.25, -0.2) is 4.98 Å². The van der Waals surface area contributed by atoms with Crippen LogP contribution in [0.1, 0.15) is 0 Å². The van der Waals surface area contributed by atoms with Gasteiger partial charge in [0.25, 0.3) is 0 Å². The van der Waals surface area contributed by atoms with E-state index < -0.39 is 0 Å². The van der Waals surface area contributed by atoms with Crippen molar-refractivity contribution in [3.05, 3.63) is 273 Å². The van der Waals surface area contributed by atoms with Crippen molar-refractivity contribution in [2.75, 3.05) is 0 Å². The molecule has 0 atom stereocenters. The molecule has 5 heteroatoms. The van der Waals surface area contributed by atoms with Gasteiger partial charge in [0.05, 0.1) is 27.8 Å². The molecule has 0 amide bonds. The molecule has 0 bridgehead atoms. The second-order valence-electron chi connectivity index (χ2n) is 18.8. The second-order valence-corrected chi connectivity index (χ2v) is 18.8.